The van der Waals surface area contributed by atoms with E-state index in [0.29, 0.717) is 28.4 Å². The Balaban J connectivity index is 2.39. The van der Waals surface area contributed by atoms with Crippen molar-refractivity contribution >= 4 is 42.6 Å². The second kappa shape index (κ2) is 8.28. The summed E-state index contributed by atoms with van der Waals surface area (Å²) < 4.78 is 28.5. The maximum atomic E-state index is 13.1. The molecular weight excluding hydrogens is 370 g/mol. The average Bonchev–Trinajstić information content (AvgIpc) is 2.94. The molecule has 0 atom stereocenters. The van der Waals surface area contributed by atoms with E-state index < -0.39 is 10.0 Å². The van der Waals surface area contributed by atoms with Crippen molar-refractivity contribution in [2.24, 2.45) is 11.8 Å². The molecular formula is C18H25N3O3S2. The molecule has 0 aliphatic heterocycles. The second-order valence-corrected chi connectivity index (χ2v) is 9.92. The minimum absolute atomic E-state index is 0.233. The molecule has 1 amide bonds. The SMILES string of the molecule is C=CC(=O)Nc1nc2ccc(S(=O)(=O)N(CC(C)C)CC(C)C)cc2s1. The Morgan fingerprint density at radius 1 is 1.27 bits per heavy atom. The van der Waals surface area contributed by atoms with E-state index in [4.69, 9.17) is 0 Å². The third-order valence-corrected chi connectivity index (χ3v) is 6.31. The molecule has 1 heterocycles. The summed E-state index contributed by atoms with van der Waals surface area (Å²) in [5, 5.41) is 3.02. The van der Waals surface area contributed by atoms with E-state index in [0.717, 1.165) is 6.08 Å². The lowest BCUT2D eigenvalue weighted by molar-refractivity contribution is -0.111. The van der Waals surface area contributed by atoms with Crippen molar-refractivity contribution in [1.29, 1.82) is 0 Å². The standard InChI is InChI=1S/C18H25N3O3S2/c1-6-17(22)20-18-19-15-8-7-14(9-16(15)25-18)26(23,24)21(10-12(2)3)11-13(4)5/h6-9,12-13H,1,10-11H2,2-5H3,(H,19,20,22). The molecule has 2 rings (SSSR count). The van der Waals surface area contributed by atoms with E-state index in [2.05, 4.69) is 16.9 Å². The fraction of sp³-hybridized carbons (Fsp3) is 0.444. The molecule has 1 aromatic carbocycles. The lowest BCUT2D eigenvalue weighted by Gasteiger charge is -2.25. The van der Waals surface area contributed by atoms with Gasteiger partial charge in [-0.05, 0) is 36.1 Å². The second-order valence-electron chi connectivity index (χ2n) is 6.95. The number of nitrogens with one attached hydrogen (secondary N) is 1. The first-order chi connectivity index (χ1) is 12.1. The molecule has 6 nitrogen and oxygen atoms in total. The van der Waals surface area contributed by atoms with Crippen molar-refractivity contribution in [3.8, 4) is 0 Å². The fourth-order valence-corrected chi connectivity index (χ4v) is 5.29. The van der Waals surface area contributed by atoms with Crippen LogP contribution in [-0.2, 0) is 14.8 Å². The number of carbonyl (C=O) groups is 1. The zero-order valence-corrected chi connectivity index (χ0v) is 17.2. The molecule has 8 heteroatoms. The molecule has 0 fully saturated rings. The van der Waals surface area contributed by atoms with Gasteiger partial charge in [-0.15, -0.1) is 0 Å². The number of carbonyl (C=O) groups excluding carboxylic acids is 1. The van der Waals surface area contributed by atoms with Crippen LogP contribution in [-0.4, -0.2) is 36.7 Å². The van der Waals surface area contributed by atoms with Gasteiger partial charge in [0, 0.05) is 13.1 Å². The monoisotopic (exact) mass is 395 g/mol. The summed E-state index contributed by atoms with van der Waals surface area (Å²) in [6.07, 6.45) is 1.16. The molecule has 0 aliphatic carbocycles. The summed E-state index contributed by atoms with van der Waals surface area (Å²) in [5.74, 6) is 0.115. The first-order valence-corrected chi connectivity index (χ1v) is 10.7. The number of fused-ring (bicyclic) bond motifs is 1. The lowest BCUT2D eigenvalue weighted by atomic mass is 10.2. The third kappa shape index (κ3) is 4.90. The Labute approximate surface area is 159 Å². The topological polar surface area (TPSA) is 79.4 Å². The average molecular weight is 396 g/mol. The molecule has 142 valence electrons. The number of hydrogen-bond acceptors (Lipinski definition) is 5. The largest absolute Gasteiger partial charge is 0.298 e. The van der Waals surface area contributed by atoms with E-state index in [9.17, 15) is 13.2 Å². The van der Waals surface area contributed by atoms with Crippen molar-refractivity contribution in [2.45, 2.75) is 32.6 Å². The van der Waals surface area contributed by atoms with Crippen molar-refractivity contribution in [2.75, 3.05) is 18.4 Å². The molecule has 0 radical (unpaired) electrons. The maximum Gasteiger partial charge on any atom is 0.249 e. The fourth-order valence-electron chi connectivity index (χ4n) is 2.51. The highest BCUT2D eigenvalue weighted by Crippen LogP contribution is 2.29. The van der Waals surface area contributed by atoms with Crippen molar-refractivity contribution in [3.63, 3.8) is 0 Å². The van der Waals surface area contributed by atoms with Crippen LogP contribution in [0.3, 0.4) is 0 Å². The normalized spacial score (nSPS) is 12.3. The maximum absolute atomic E-state index is 13.1. The summed E-state index contributed by atoms with van der Waals surface area (Å²) in [7, 11) is -3.59. The van der Waals surface area contributed by atoms with Gasteiger partial charge in [0.15, 0.2) is 5.13 Å². The minimum atomic E-state index is -3.59. The minimum Gasteiger partial charge on any atom is -0.298 e. The Bertz CT molecular complexity index is 892. The van der Waals surface area contributed by atoms with Gasteiger partial charge in [-0.3, -0.25) is 10.1 Å². The van der Waals surface area contributed by atoms with E-state index in [1.165, 1.54) is 11.3 Å². The van der Waals surface area contributed by atoms with Gasteiger partial charge >= 0.3 is 0 Å². The Morgan fingerprint density at radius 3 is 2.42 bits per heavy atom. The molecule has 0 saturated carbocycles. The molecule has 0 aliphatic rings. The van der Waals surface area contributed by atoms with E-state index in [-0.39, 0.29) is 22.6 Å². The quantitative estimate of drug-likeness (QED) is 0.691. The van der Waals surface area contributed by atoms with Crippen LogP contribution in [0.1, 0.15) is 27.7 Å². The number of aromatic nitrogens is 1. The molecule has 0 unspecified atom stereocenters. The number of thiazole rings is 1. The van der Waals surface area contributed by atoms with Crippen LogP contribution in [0.5, 0.6) is 0 Å². The summed E-state index contributed by atoms with van der Waals surface area (Å²) in [6.45, 7) is 12.4. The van der Waals surface area contributed by atoms with Gasteiger partial charge in [-0.2, -0.15) is 4.31 Å². The number of benzene rings is 1. The zero-order valence-electron chi connectivity index (χ0n) is 15.5. The number of amides is 1. The molecule has 1 aromatic heterocycles. The predicted molar refractivity (Wildman–Crippen MR) is 107 cm³/mol. The lowest BCUT2D eigenvalue weighted by Crippen LogP contribution is -2.37. The van der Waals surface area contributed by atoms with Gasteiger partial charge in [0.1, 0.15) is 0 Å². The molecule has 0 saturated heterocycles. The number of anilines is 1. The van der Waals surface area contributed by atoms with Crippen LogP contribution < -0.4 is 5.32 Å². The van der Waals surface area contributed by atoms with Crippen LogP contribution in [0, 0.1) is 11.8 Å². The van der Waals surface area contributed by atoms with E-state index in [1.807, 2.05) is 27.7 Å². The molecule has 1 N–H and O–H groups in total. The van der Waals surface area contributed by atoms with Crippen LogP contribution >= 0.6 is 11.3 Å². The summed E-state index contributed by atoms with van der Waals surface area (Å²) in [6, 6.07) is 4.87. The Hall–Kier alpha value is -1.77. The molecule has 2 aromatic rings. The van der Waals surface area contributed by atoms with Gasteiger partial charge in [-0.1, -0.05) is 45.6 Å². The van der Waals surface area contributed by atoms with Crippen molar-refractivity contribution in [3.05, 3.63) is 30.9 Å². The summed E-state index contributed by atoms with van der Waals surface area (Å²) in [5.41, 5.74) is 0.646. The molecule has 0 bridgehead atoms. The van der Waals surface area contributed by atoms with Crippen molar-refractivity contribution in [1.82, 2.24) is 9.29 Å². The third-order valence-electron chi connectivity index (χ3n) is 3.55. The highest BCUT2D eigenvalue weighted by molar-refractivity contribution is 7.89. The highest BCUT2D eigenvalue weighted by atomic mass is 32.2. The van der Waals surface area contributed by atoms with Gasteiger partial charge in [0.2, 0.25) is 15.9 Å². The van der Waals surface area contributed by atoms with Gasteiger partial charge < -0.3 is 0 Å². The molecule has 0 spiro atoms. The Morgan fingerprint density at radius 2 is 1.88 bits per heavy atom. The van der Waals surface area contributed by atoms with Crippen LogP contribution in [0.15, 0.2) is 35.7 Å². The number of sulfonamides is 1. The van der Waals surface area contributed by atoms with Crippen LogP contribution in [0.4, 0.5) is 5.13 Å². The number of nitrogens with zero attached hydrogens (tertiary/aromatic N) is 2. The first-order valence-electron chi connectivity index (χ1n) is 8.47. The van der Waals surface area contributed by atoms with Crippen LogP contribution in [0.25, 0.3) is 10.2 Å². The summed E-state index contributed by atoms with van der Waals surface area (Å²) in [4.78, 5) is 16.0. The Kier molecular flexibility index (Phi) is 6.54. The van der Waals surface area contributed by atoms with Gasteiger partial charge in [-0.25, -0.2) is 13.4 Å². The van der Waals surface area contributed by atoms with Crippen LogP contribution in [0.2, 0.25) is 0 Å². The van der Waals surface area contributed by atoms with E-state index >= 15 is 0 Å². The van der Waals surface area contributed by atoms with Gasteiger partial charge in [0.25, 0.3) is 0 Å². The first kappa shape index (κ1) is 20.5. The zero-order chi connectivity index (χ0) is 19.5. The summed E-state index contributed by atoms with van der Waals surface area (Å²) >= 11 is 1.24. The molecule has 26 heavy (non-hydrogen) atoms. The predicted octanol–water partition coefficient (Wildman–Crippen LogP) is 3.72. The van der Waals surface area contributed by atoms with E-state index in [1.54, 1.807) is 22.5 Å². The van der Waals surface area contributed by atoms with Gasteiger partial charge in [0.05, 0.1) is 15.1 Å². The van der Waals surface area contributed by atoms with Crippen molar-refractivity contribution < 1.29 is 13.2 Å². The highest BCUT2D eigenvalue weighted by Gasteiger charge is 2.26. The number of hydrogen-bond donors (Lipinski definition) is 1. The number of rotatable bonds is 8. The smallest absolute Gasteiger partial charge is 0.249 e.